The molecule has 1 amide bonds. The van der Waals surface area contributed by atoms with Crippen molar-refractivity contribution in [3.8, 4) is 0 Å². The van der Waals surface area contributed by atoms with E-state index in [4.69, 9.17) is 17.7 Å². The van der Waals surface area contributed by atoms with Gasteiger partial charge < -0.3 is 26.0 Å². The Morgan fingerprint density at radius 1 is 0.694 bits per heavy atom. The summed E-state index contributed by atoms with van der Waals surface area (Å²) >= 11 is 5.12. The lowest BCUT2D eigenvalue weighted by Gasteiger charge is -2.13. The molecule has 0 unspecified atom stereocenters. The molecular weight excluding hydrogens is 639 g/mol. The van der Waals surface area contributed by atoms with Gasteiger partial charge in [-0.3, -0.25) is 14.0 Å². The van der Waals surface area contributed by atoms with Crippen LogP contribution in [-0.4, -0.2) is 83.7 Å². The maximum Gasteiger partial charge on any atom is 0.221 e. The number of nitrogens with zero attached hydrogens (tertiary/aromatic N) is 1. The number of unbranched alkanes of at least 4 members (excludes halogenated alkanes) is 10. The van der Waals surface area contributed by atoms with Crippen LogP contribution in [0.1, 0.15) is 189 Å². The average Bonchev–Trinajstić information content (AvgIpc) is 3.65. The molecule has 0 aromatic rings. The van der Waals surface area contributed by atoms with E-state index in [1.165, 1.54) is 110 Å². The number of amides is 1. The van der Waals surface area contributed by atoms with Gasteiger partial charge in [-0.15, -0.1) is 0 Å². The third kappa shape index (κ3) is 106. The minimum atomic E-state index is -1.00. The summed E-state index contributed by atoms with van der Waals surface area (Å²) in [6.07, 6.45) is 19.9. The van der Waals surface area contributed by atoms with E-state index in [1.807, 2.05) is 7.05 Å². The van der Waals surface area contributed by atoms with Crippen LogP contribution in [0.2, 0.25) is 0 Å². The first-order valence-electron chi connectivity index (χ1n) is 18.2. The third-order valence-electron chi connectivity index (χ3n) is 6.46. The number of nitrogens with two attached hydrogens (primary N) is 1. The number of hydrogen-bond donors (Lipinski definition) is 3. The summed E-state index contributed by atoms with van der Waals surface area (Å²) < 4.78 is 20.4. The van der Waals surface area contributed by atoms with Crippen LogP contribution >= 0.6 is 11.6 Å². The van der Waals surface area contributed by atoms with Crippen LogP contribution in [-0.2, 0) is 14.3 Å². The Balaban J connectivity index is -0.0000000403. The van der Waals surface area contributed by atoms with Crippen molar-refractivity contribution in [2.24, 2.45) is 5.73 Å². The molecule has 0 aromatic heterocycles. The summed E-state index contributed by atoms with van der Waals surface area (Å²) in [4.78, 5) is 23.2. The number of carbonyl (C=O) groups is 2. The summed E-state index contributed by atoms with van der Waals surface area (Å²) in [6.45, 7) is 19.9. The predicted molar refractivity (Wildman–Crippen MR) is 229 cm³/mol. The molecule has 1 heterocycles. The summed E-state index contributed by atoms with van der Waals surface area (Å²) in [7, 11) is 4.20. The first-order chi connectivity index (χ1) is 21.8. The van der Waals surface area contributed by atoms with Crippen molar-refractivity contribution in [3.63, 3.8) is 0 Å². The van der Waals surface area contributed by atoms with Gasteiger partial charge in [0.05, 0.1) is 8.52 Å². The van der Waals surface area contributed by atoms with Crippen LogP contribution in [0.25, 0.3) is 0 Å². The standard InChI is InChI=1S/C8H17NO.C8H19N.C7H13ClO.C6H15N.C4H8O.CH3F.CH5N.5CH4/c1-3-4-5-6-7-8(10)9-2;1-3-4-5-6-7-8-9-2;1-2-3-4-5-6-7(8)9;1-4-7(5-2)6-3;1-2-4-5-3-1;2*1-2;;;;;/h3-7H2,1-2H3,(H,9,10);9H,3-8H2,1-2H3;2-6H2,1H3;4-6H2,1-3H3;1-4H2;1H3;2H2,1H3;5*1H4/i;;;;;1D;;;;;;. The molecule has 1 aliphatic heterocycles. The van der Waals surface area contributed by atoms with Gasteiger partial charge in [-0.25, -0.2) is 0 Å². The first-order valence-corrected chi connectivity index (χ1v) is 17.9. The Bertz CT molecular complexity index is 474. The fourth-order valence-corrected chi connectivity index (χ4v) is 3.75. The lowest BCUT2D eigenvalue weighted by Crippen LogP contribution is -2.21. The van der Waals surface area contributed by atoms with Gasteiger partial charge in [-0.2, -0.15) is 0 Å². The lowest BCUT2D eigenvalue weighted by atomic mass is 10.1. The molecule has 0 radical (unpaired) electrons. The molecule has 9 heteroatoms. The SMILES string of the molecule is C.C.C.C.C.C1CCOC1.CCCCCCC(=O)Cl.CCCCCCC(=O)NC.CCCCCCCNC.CCN(CC)CC.CN.[2H]CF. The van der Waals surface area contributed by atoms with Crippen LogP contribution in [0.15, 0.2) is 0 Å². The molecule has 1 aliphatic rings. The van der Waals surface area contributed by atoms with Gasteiger partial charge in [0.15, 0.2) is 0 Å². The second-order valence-electron chi connectivity index (χ2n) is 10.1. The Morgan fingerprint density at radius 3 is 1.29 bits per heavy atom. The minimum absolute atomic E-state index is 0. The first kappa shape index (κ1) is 73.6. The van der Waals surface area contributed by atoms with E-state index >= 15 is 0 Å². The lowest BCUT2D eigenvalue weighted by molar-refractivity contribution is -0.120. The number of nitrogens with one attached hydrogen (secondary N) is 2. The molecule has 0 aromatic carbocycles. The number of halogens is 2. The molecule has 7 nitrogen and oxygen atoms in total. The Hall–Kier alpha value is -0.800. The van der Waals surface area contributed by atoms with E-state index in [0.717, 1.165) is 32.5 Å². The van der Waals surface area contributed by atoms with Crippen molar-refractivity contribution in [2.75, 3.05) is 67.7 Å². The highest BCUT2D eigenvalue weighted by molar-refractivity contribution is 6.63. The van der Waals surface area contributed by atoms with Crippen LogP contribution in [0.5, 0.6) is 0 Å². The van der Waals surface area contributed by atoms with Gasteiger partial charge in [-0.05, 0) is 84.0 Å². The highest BCUT2D eigenvalue weighted by Crippen LogP contribution is 2.04. The van der Waals surface area contributed by atoms with Crippen LogP contribution < -0.4 is 16.4 Å². The van der Waals surface area contributed by atoms with E-state index in [1.54, 1.807) is 7.05 Å². The van der Waals surface area contributed by atoms with E-state index in [0.29, 0.717) is 12.8 Å². The average molecular weight is 741 g/mol. The van der Waals surface area contributed by atoms with E-state index in [2.05, 4.69) is 62.8 Å². The molecule has 312 valence electrons. The van der Waals surface area contributed by atoms with Crippen molar-refractivity contribution in [3.05, 3.63) is 0 Å². The maximum absolute atomic E-state index is 10.7. The Kier molecular flexibility index (Phi) is 129. The third-order valence-corrected chi connectivity index (χ3v) is 6.65. The molecule has 0 spiro atoms. The number of rotatable bonds is 19. The van der Waals surface area contributed by atoms with Crippen molar-refractivity contribution in [1.29, 1.82) is 0 Å². The monoisotopic (exact) mass is 740 g/mol. The molecule has 0 bridgehead atoms. The van der Waals surface area contributed by atoms with Crippen LogP contribution in [0.4, 0.5) is 4.39 Å². The van der Waals surface area contributed by atoms with Gasteiger partial charge in [0.2, 0.25) is 11.1 Å². The molecule has 49 heavy (non-hydrogen) atoms. The highest BCUT2D eigenvalue weighted by Gasteiger charge is 1.96. The number of hydrogen-bond acceptors (Lipinski definition) is 6. The summed E-state index contributed by atoms with van der Waals surface area (Å²) in [6, 6.07) is 0. The summed E-state index contributed by atoms with van der Waals surface area (Å²) in [5.74, 6) is 0.163. The largest absolute Gasteiger partial charge is 0.381 e. The van der Waals surface area contributed by atoms with Crippen molar-refractivity contribution >= 4 is 22.8 Å². The zero-order valence-corrected chi connectivity index (χ0v) is 31.7. The maximum atomic E-state index is 10.7. The van der Waals surface area contributed by atoms with Crippen molar-refractivity contribution in [2.45, 2.75) is 188 Å². The second kappa shape index (κ2) is 86.1. The second-order valence-corrected chi connectivity index (χ2v) is 10.5. The Morgan fingerprint density at radius 2 is 1.04 bits per heavy atom. The highest BCUT2D eigenvalue weighted by atomic mass is 35.5. The van der Waals surface area contributed by atoms with Crippen LogP contribution in [0.3, 0.4) is 0 Å². The zero-order valence-electron chi connectivity index (χ0n) is 32.0. The van der Waals surface area contributed by atoms with Gasteiger partial charge >= 0.3 is 0 Å². The van der Waals surface area contributed by atoms with Gasteiger partial charge in [-0.1, -0.05) is 143 Å². The van der Waals surface area contributed by atoms with Gasteiger partial charge in [0.25, 0.3) is 0 Å². The fourth-order valence-electron chi connectivity index (χ4n) is 3.61. The van der Waals surface area contributed by atoms with Crippen LogP contribution in [0, 0.1) is 0 Å². The topological polar surface area (TPSA) is 96.7 Å². The number of ether oxygens (including phenoxy) is 1. The normalized spacial score (nSPS) is 9.94. The molecule has 0 saturated carbocycles. The molecule has 1 saturated heterocycles. The fraction of sp³-hybridized carbons (Fsp3) is 0.950. The molecule has 1 rings (SSSR count). The van der Waals surface area contributed by atoms with E-state index < -0.39 is 7.15 Å². The van der Waals surface area contributed by atoms with Gasteiger partial charge in [0.1, 0.15) is 0 Å². The number of alkyl halides is 1. The van der Waals surface area contributed by atoms with Crippen molar-refractivity contribution in [1.82, 2.24) is 15.5 Å². The minimum Gasteiger partial charge on any atom is -0.381 e. The molecule has 1 fully saturated rings. The molecule has 0 atom stereocenters. The molecule has 4 N–H and O–H groups in total. The van der Waals surface area contributed by atoms with Crippen molar-refractivity contribution < 1.29 is 20.1 Å². The predicted octanol–water partition coefficient (Wildman–Crippen LogP) is 12.1. The molecule has 0 aliphatic carbocycles. The van der Waals surface area contributed by atoms with Gasteiger partial charge in [0, 0.05) is 33.1 Å². The smallest absolute Gasteiger partial charge is 0.221 e. The Labute approximate surface area is 319 Å². The van der Waals surface area contributed by atoms with E-state index in [-0.39, 0.29) is 48.3 Å². The number of carbonyl (C=O) groups excluding carboxylic acids is 2. The summed E-state index contributed by atoms with van der Waals surface area (Å²) in [5, 5.41) is 5.54. The molecular formula is C40H100ClFN4O3. The zero-order chi connectivity index (χ0) is 35.8. The quantitative estimate of drug-likeness (QED) is 0.0901. The van der Waals surface area contributed by atoms with E-state index in [9.17, 15) is 14.0 Å². The summed E-state index contributed by atoms with van der Waals surface area (Å²) in [5.41, 5.74) is 4.50.